The van der Waals surface area contributed by atoms with Crippen molar-refractivity contribution in [3.8, 4) is 0 Å². The number of ketones is 1. The first kappa shape index (κ1) is 17.8. The highest BCUT2D eigenvalue weighted by molar-refractivity contribution is 6.04. The van der Waals surface area contributed by atoms with Gasteiger partial charge in [-0.2, -0.15) is 0 Å². The highest BCUT2D eigenvalue weighted by Crippen LogP contribution is 2.17. The van der Waals surface area contributed by atoms with Gasteiger partial charge >= 0.3 is 0 Å². The molecule has 108 valence electrons. The molecule has 0 aliphatic rings. The van der Waals surface area contributed by atoms with Gasteiger partial charge in [0.05, 0.1) is 6.10 Å². The van der Waals surface area contributed by atoms with E-state index in [0.29, 0.717) is 12.0 Å². The third-order valence-electron chi connectivity index (χ3n) is 3.12. The average Bonchev–Trinajstić information content (AvgIpc) is 2.31. The van der Waals surface area contributed by atoms with Crippen molar-refractivity contribution in [3.63, 3.8) is 0 Å². The standard InChI is InChI=1S/C16H26O3/c1-11(2)7-8-15(18)16(6,19)10-9-14(17)13(5)12(3)4/h7,9-10,15,18-19H,8H2,1-6H3/b10-9+/t15-,16+/m0/s1. The minimum Gasteiger partial charge on any atom is -0.389 e. The SMILES string of the molecule is CC(C)=CC[C@H](O)[C@](C)(O)/C=C/C(=O)C(C)=C(C)C. The average molecular weight is 266 g/mol. The van der Waals surface area contributed by atoms with Crippen LogP contribution in [-0.4, -0.2) is 27.7 Å². The lowest BCUT2D eigenvalue weighted by Crippen LogP contribution is -2.37. The normalized spacial score (nSPS) is 15.8. The maximum Gasteiger partial charge on any atom is 0.181 e. The van der Waals surface area contributed by atoms with E-state index in [4.69, 9.17) is 0 Å². The van der Waals surface area contributed by atoms with E-state index < -0.39 is 11.7 Å². The van der Waals surface area contributed by atoms with Crippen molar-refractivity contribution in [1.82, 2.24) is 0 Å². The van der Waals surface area contributed by atoms with Crippen LogP contribution in [0, 0.1) is 0 Å². The highest BCUT2D eigenvalue weighted by Gasteiger charge is 2.26. The van der Waals surface area contributed by atoms with Crippen LogP contribution in [0.2, 0.25) is 0 Å². The van der Waals surface area contributed by atoms with E-state index in [1.807, 2.05) is 33.8 Å². The van der Waals surface area contributed by atoms with Gasteiger partial charge in [-0.15, -0.1) is 0 Å². The molecular formula is C16H26O3. The smallest absolute Gasteiger partial charge is 0.181 e. The largest absolute Gasteiger partial charge is 0.389 e. The van der Waals surface area contributed by atoms with E-state index in [0.717, 1.165) is 11.1 Å². The summed E-state index contributed by atoms with van der Waals surface area (Å²) >= 11 is 0. The fourth-order valence-corrected chi connectivity index (χ4v) is 1.31. The molecule has 0 aromatic heterocycles. The van der Waals surface area contributed by atoms with Crippen LogP contribution in [0.15, 0.2) is 34.9 Å². The minimum atomic E-state index is -1.41. The van der Waals surface area contributed by atoms with Gasteiger partial charge in [0.2, 0.25) is 0 Å². The second kappa shape index (κ2) is 7.41. The molecule has 0 bridgehead atoms. The van der Waals surface area contributed by atoms with Crippen molar-refractivity contribution in [2.45, 2.75) is 59.7 Å². The third kappa shape index (κ3) is 6.50. The summed E-state index contributed by atoms with van der Waals surface area (Å²) in [6, 6.07) is 0. The van der Waals surface area contributed by atoms with Gasteiger partial charge in [0.1, 0.15) is 5.60 Å². The molecule has 0 heterocycles. The van der Waals surface area contributed by atoms with Crippen LogP contribution in [0.3, 0.4) is 0 Å². The maximum absolute atomic E-state index is 11.8. The Hall–Kier alpha value is -1.19. The monoisotopic (exact) mass is 266 g/mol. The number of carbonyl (C=O) groups is 1. The van der Waals surface area contributed by atoms with Crippen molar-refractivity contribution in [2.75, 3.05) is 0 Å². The lowest BCUT2D eigenvalue weighted by Gasteiger charge is -2.25. The van der Waals surface area contributed by atoms with Crippen molar-refractivity contribution in [2.24, 2.45) is 0 Å². The van der Waals surface area contributed by atoms with Gasteiger partial charge in [-0.05, 0) is 65.7 Å². The molecule has 3 heteroatoms. The van der Waals surface area contributed by atoms with Gasteiger partial charge in [0.25, 0.3) is 0 Å². The van der Waals surface area contributed by atoms with Crippen molar-refractivity contribution in [3.05, 3.63) is 34.9 Å². The van der Waals surface area contributed by atoms with Crippen molar-refractivity contribution < 1.29 is 15.0 Å². The molecule has 0 saturated heterocycles. The van der Waals surface area contributed by atoms with E-state index >= 15 is 0 Å². The number of carbonyl (C=O) groups excluding carboxylic acids is 1. The second-order valence-corrected chi connectivity index (χ2v) is 5.58. The Balaban J connectivity index is 4.81. The number of rotatable bonds is 6. The van der Waals surface area contributed by atoms with Crippen LogP contribution < -0.4 is 0 Å². The van der Waals surface area contributed by atoms with Gasteiger partial charge in [0.15, 0.2) is 5.78 Å². The van der Waals surface area contributed by atoms with Crippen LogP contribution in [0.25, 0.3) is 0 Å². The lowest BCUT2D eigenvalue weighted by molar-refractivity contribution is -0.111. The topological polar surface area (TPSA) is 57.5 Å². The lowest BCUT2D eigenvalue weighted by atomic mass is 9.94. The number of hydrogen-bond donors (Lipinski definition) is 2. The molecule has 0 aliphatic carbocycles. The molecule has 3 nitrogen and oxygen atoms in total. The summed E-state index contributed by atoms with van der Waals surface area (Å²) in [5.74, 6) is -0.144. The summed E-state index contributed by atoms with van der Waals surface area (Å²) in [5, 5.41) is 20.0. The molecule has 0 radical (unpaired) electrons. The number of allylic oxidation sites excluding steroid dienone is 4. The van der Waals surface area contributed by atoms with Gasteiger partial charge in [-0.1, -0.05) is 17.2 Å². The molecule has 0 amide bonds. The van der Waals surface area contributed by atoms with Crippen LogP contribution in [-0.2, 0) is 4.79 Å². The molecule has 0 fully saturated rings. The van der Waals surface area contributed by atoms with Crippen LogP contribution in [0.5, 0.6) is 0 Å². The fraction of sp³-hybridized carbons (Fsp3) is 0.562. The third-order valence-corrected chi connectivity index (χ3v) is 3.12. The predicted molar refractivity (Wildman–Crippen MR) is 78.9 cm³/mol. The molecule has 0 aliphatic heterocycles. The van der Waals surface area contributed by atoms with Gasteiger partial charge in [-0.25, -0.2) is 0 Å². The highest BCUT2D eigenvalue weighted by atomic mass is 16.3. The number of hydrogen-bond acceptors (Lipinski definition) is 3. The second-order valence-electron chi connectivity index (χ2n) is 5.58. The van der Waals surface area contributed by atoms with E-state index in [1.165, 1.54) is 19.1 Å². The summed E-state index contributed by atoms with van der Waals surface area (Å²) in [5.41, 5.74) is 1.27. The first-order valence-electron chi connectivity index (χ1n) is 6.49. The van der Waals surface area contributed by atoms with E-state index in [-0.39, 0.29) is 5.78 Å². The molecule has 19 heavy (non-hydrogen) atoms. The molecule has 0 rings (SSSR count). The Morgan fingerprint density at radius 1 is 1.21 bits per heavy atom. The van der Waals surface area contributed by atoms with Gasteiger partial charge in [0, 0.05) is 0 Å². The Labute approximate surface area is 116 Å². The molecule has 0 aromatic rings. The van der Waals surface area contributed by atoms with E-state index in [2.05, 4.69) is 0 Å². The molecule has 2 atom stereocenters. The van der Waals surface area contributed by atoms with E-state index in [1.54, 1.807) is 6.92 Å². The minimum absolute atomic E-state index is 0.144. The maximum atomic E-state index is 11.8. The van der Waals surface area contributed by atoms with Crippen molar-refractivity contribution in [1.29, 1.82) is 0 Å². The zero-order valence-corrected chi connectivity index (χ0v) is 12.8. The quantitative estimate of drug-likeness (QED) is 0.574. The Morgan fingerprint density at radius 3 is 2.16 bits per heavy atom. The molecule has 2 N–H and O–H groups in total. The van der Waals surface area contributed by atoms with Crippen LogP contribution in [0.4, 0.5) is 0 Å². The first-order valence-corrected chi connectivity index (χ1v) is 6.49. The summed E-state index contributed by atoms with van der Waals surface area (Å²) in [6.45, 7) is 10.8. The summed E-state index contributed by atoms with van der Waals surface area (Å²) in [6.07, 6.45) is 3.98. The molecule has 0 saturated carbocycles. The molecular weight excluding hydrogens is 240 g/mol. The zero-order chi connectivity index (χ0) is 15.2. The Morgan fingerprint density at radius 2 is 1.74 bits per heavy atom. The summed E-state index contributed by atoms with van der Waals surface area (Å²) < 4.78 is 0. The van der Waals surface area contributed by atoms with Crippen LogP contribution >= 0.6 is 0 Å². The van der Waals surface area contributed by atoms with Crippen LogP contribution in [0.1, 0.15) is 48.0 Å². The zero-order valence-electron chi connectivity index (χ0n) is 12.8. The number of aliphatic hydroxyl groups excluding tert-OH is 1. The Kier molecular flexibility index (Phi) is 6.95. The molecule has 0 unspecified atom stereocenters. The fourth-order valence-electron chi connectivity index (χ4n) is 1.31. The van der Waals surface area contributed by atoms with Gasteiger partial charge in [-0.3, -0.25) is 4.79 Å². The van der Waals surface area contributed by atoms with E-state index in [9.17, 15) is 15.0 Å². The van der Waals surface area contributed by atoms with Crippen molar-refractivity contribution >= 4 is 5.78 Å². The first-order chi connectivity index (χ1) is 8.58. The Bertz CT molecular complexity index is 404. The summed E-state index contributed by atoms with van der Waals surface area (Å²) in [7, 11) is 0. The summed E-state index contributed by atoms with van der Waals surface area (Å²) in [4.78, 5) is 11.8. The van der Waals surface area contributed by atoms with Gasteiger partial charge < -0.3 is 10.2 Å². The predicted octanol–water partition coefficient (Wildman–Crippen LogP) is 2.94. The number of aliphatic hydroxyl groups is 2. The molecule has 0 spiro atoms. The molecule has 0 aromatic carbocycles.